The molecule has 0 spiro atoms. The molecule has 2 aromatic heterocycles. The molecule has 122 valence electrons. The van der Waals surface area contributed by atoms with Gasteiger partial charge in [0.1, 0.15) is 5.56 Å². The maximum atomic E-state index is 12.7. The first-order chi connectivity index (χ1) is 11.7. The van der Waals surface area contributed by atoms with Gasteiger partial charge in [0.25, 0.3) is 5.91 Å². The lowest BCUT2D eigenvalue weighted by Crippen LogP contribution is -2.21. The summed E-state index contributed by atoms with van der Waals surface area (Å²) in [4.78, 5) is 19.2. The normalized spacial score (nSPS) is 14.3. The van der Waals surface area contributed by atoms with Crippen LogP contribution in [0.3, 0.4) is 0 Å². The Morgan fingerprint density at radius 1 is 1.25 bits per heavy atom. The highest BCUT2D eigenvalue weighted by Crippen LogP contribution is 2.32. The smallest absolute Gasteiger partial charge is 0.261 e. The summed E-state index contributed by atoms with van der Waals surface area (Å²) >= 11 is 6.13. The van der Waals surface area contributed by atoms with Gasteiger partial charge in [-0.05, 0) is 37.1 Å². The molecule has 4 rings (SSSR count). The van der Waals surface area contributed by atoms with Gasteiger partial charge >= 0.3 is 0 Å². The van der Waals surface area contributed by atoms with Gasteiger partial charge in [0.15, 0.2) is 5.65 Å². The van der Waals surface area contributed by atoms with E-state index in [0.717, 1.165) is 31.6 Å². The SMILES string of the molecule is O=C(Nc1cc(Cl)ccc1N1CCCC1)c1cnn2cccnc12. The molecule has 1 saturated heterocycles. The molecule has 3 aromatic rings. The molecule has 0 saturated carbocycles. The van der Waals surface area contributed by atoms with Crippen LogP contribution in [0.4, 0.5) is 11.4 Å². The largest absolute Gasteiger partial charge is 0.370 e. The highest BCUT2D eigenvalue weighted by atomic mass is 35.5. The van der Waals surface area contributed by atoms with Crippen LogP contribution < -0.4 is 10.2 Å². The Balaban J connectivity index is 1.67. The maximum Gasteiger partial charge on any atom is 0.261 e. The Bertz CT molecular complexity index is 901. The molecule has 0 unspecified atom stereocenters. The molecule has 0 atom stereocenters. The minimum absolute atomic E-state index is 0.244. The number of amides is 1. The minimum Gasteiger partial charge on any atom is -0.370 e. The Labute approximate surface area is 144 Å². The monoisotopic (exact) mass is 341 g/mol. The van der Waals surface area contributed by atoms with Crippen molar-refractivity contribution in [1.82, 2.24) is 14.6 Å². The number of anilines is 2. The third kappa shape index (κ3) is 2.69. The first-order valence-corrected chi connectivity index (χ1v) is 8.24. The van der Waals surface area contributed by atoms with Crippen molar-refractivity contribution in [2.24, 2.45) is 0 Å². The third-order valence-corrected chi connectivity index (χ3v) is 4.41. The lowest BCUT2D eigenvalue weighted by molar-refractivity contribution is 0.102. The molecule has 1 aliphatic rings. The van der Waals surface area contributed by atoms with E-state index in [2.05, 4.69) is 20.3 Å². The number of carbonyl (C=O) groups excluding carboxylic acids is 1. The number of aromatic nitrogens is 3. The summed E-state index contributed by atoms with van der Waals surface area (Å²) in [6.45, 7) is 1.98. The van der Waals surface area contributed by atoms with Gasteiger partial charge in [0.2, 0.25) is 0 Å². The van der Waals surface area contributed by atoms with E-state index in [1.165, 1.54) is 6.20 Å². The molecule has 1 amide bonds. The van der Waals surface area contributed by atoms with E-state index in [0.29, 0.717) is 21.9 Å². The van der Waals surface area contributed by atoms with Gasteiger partial charge in [0.05, 0.1) is 17.6 Å². The van der Waals surface area contributed by atoms with Crippen LogP contribution in [-0.4, -0.2) is 33.6 Å². The number of fused-ring (bicyclic) bond motifs is 1. The lowest BCUT2D eigenvalue weighted by Gasteiger charge is -2.21. The predicted molar refractivity (Wildman–Crippen MR) is 93.8 cm³/mol. The van der Waals surface area contributed by atoms with Gasteiger partial charge in [0, 0.05) is 30.5 Å². The molecule has 1 N–H and O–H groups in total. The van der Waals surface area contributed by atoms with E-state index in [-0.39, 0.29) is 5.91 Å². The van der Waals surface area contributed by atoms with Gasteiger partial charge in [-0.1, -0.05) is 11.6 Å². The van der Waals surface area contributed by atoms with Crippen LogP contribution in [0.5, 0.6) is 0 Å². The Hall–Kier alpha value is -2.60. The molecule has 0 radical (unpaired) electrons. The van der Waals surface area contributed by atoms with Crippen LogP contribution in [0.1, 0.15) is 23.2 Å². The topological polar surface area (TPSA) is 62.5 Å². The number of rotatable bonds is 3. The molecule has 24 heavy (non-hydrogen) atoms. The molecule has 0 bridgehead atoms. The lowest BCUT2D eigenvalue weighted by atomic mass is 10.2. The fourth-order valence-electron chi connectivity index (χ4n) is 3.02. The highest BCUT2D eigenvalue weighted by Gasteiger charge is 2.19. The zero-order valence-electron chi connectivity index (χ0n) is 12.9. The first kappa shape index (κ1) is 15.0. The van der Waals surface area contributed by atoms with Crippen LogP contribution in [0.25, 0.3) is 5.65 Å². The second-order valence-corrected chi connectivity index (χ2v) is 6.19. The number of benzene rings is 1. The summed E-state index contributed by atoms with van der Waals surface area (Å²) in [6, 6.07) is 7.36. The van der Waals surface area contributed by atoms with E-state index in [1.807, 2.05) is 12.1 Å². The van der Waals surface area contributed by atoms with Crippen LogP contribution in [0.2, 0.25) is 5.02 Å². The average Bonchev–Trinajstić information content (AvgIpc) is 3.24. The number of hydrogen-bond acceptors (Lipinski definition) is 4. The number of halogens is 1. The van der Waals surface area contributed by atoms with Crippen molar-refractivity contribution < 1.29 is 4.79 Å². The Morgan fingerprint density at radius 2 is 2.08 bits per heavy atom. The van der Waals surface area contributed by atoms with Crippen molar-refractivity contribution in [3.05, 3.63) is 53.4 Å². The van der Waals surface area contributed by atoms with Crippen molar-refractivity contribution in [2.75, 3.05) is 23.3 Å². The Kier molecular flexibility index (Phi) is 3.82. The van der Waals surface area contributed by atoms with Crippen molar-refractivity contribution >= 4 is 34.5 Å². The van der Waals surface area contributed by atoms with Gasteiger partial charge in [-0.25, -0.2) is 9.50 Å². The molecule has 1 aromatic carbocycles. The van der Waals surface area contributed by atoms with E-state index < -0.39 is 0 Å². The second-order valence-electron chi connectivity index (χ2n) is 5.76. The van der Waals surface area contributed by atoms with Crippen LogP contribution >= 0.6 is 11.6 Å². The van der Waals surface area contributed by atoms with Crippen LogP contribution in [0.15, 0.2) is 42.9 Å². The first-order valence-electron chi connectivity index (χ1n) is 7.86. The maximum absolute atomic E-state index is 12.7. The zero-order chi connectivity index (χ0) is 16.5. The number of nitrogens with one attached hydrogen (secondary N) is 1. The quantitative estimate of drug-likeness (QED) is 0.794. The van der Waals surface area contributed by atoms with Crippen LogP contribution in [0, 0.1) is 0 Å². The zero-order valence-corrected chi connectivity index (χ0v) is 13.7. The molecular formula is C17H16ClN5O. The fraction of sp³-hybridized carbons (Fsp3) is 0.235. The molecule has 0 aliphatic carbocycles. The summed E-state index contributed by atoms with van der Waals surface area (Å²) in [6.07, 6.45) is 7.25. The van der Waals surface area contributed by atoms with E-state index in [1.54, 1.807) is 29.0 Å². The molecule has 1 fully saturated rings. The number of hydrogen-bond donors (Lipinski definition) is 1. The predicted octanol–water partition coefficient (Wildman–Crippen LogP) is 3.24. The molecule has 3 heterocycles. The van der Waals surface area contributed by atoms with Crippen molar-refractivity contribution in [1.29, 1.82) is 0 Å². The van der Waals surface area contributed by atoms with Crippen molar-refractivity contribution in [2.45, 2.75) is 12.8 Å². The van der Waals surface area contributed by atoms with Gasteiger partial charge in [-0.15, -0.1) is 0 Å². The van der Waals surface area contributed by atoms with Gasteiger partial charge in [-0.2, -0.15) is 5.10 Å². The van der Waals surface area contributed by atoms with E-state index in [9.17, 15) is 4.79 Å². The molecule has 1 aliphatic heterocycles. The van der Waals surface area contributed by atoms with Crippen molar-refractivity contribution in [3.8, 4) is 0 Å². The summed E-state index contributed by atoms with van der Waals surface area (Å²) < 4.78 is 1.58. The summed E-state index contributed by atoms with van der Waals surface area (Å²) in [7, 11) is 0. The van der Waals surface area contributed by atoms with Gasteiger partial charge < -0.3 is 10.2 Å². The standard InChI is InChI=1S/C17H16ClN5O/c18-12-4-5-15(22-7-1-2-8-22)14(10-12)21-17(24)13-11-20-23-9-3-6-19-16(13)23/h3-6,9-11H,1-2,7-8H2,(H,21,24). The molecular weight excluding hydrogens is 326 g/mol. The summed E-state index contributed by atoms with van der Waals surface area (Å²) in [5.41, 5.74) is 2.67. The summed E-state index contributed by atoms with van der Waals surface area (Å²) in [5, 5.41) is 7.71. The second kappa shape index (κ2) is 6.13. The molecule has 7 heteroatoms. The fourth-order valence-corrected chi connectivity index (χ4v) is 3.19. The van der Waals surface area contributed by atoms with E-state index in [4.69, 9.17) is 11.6 Å². The minimum atomic E-state index is -0.244. The van der Waals surface area contributed by atoms with Crippen molar-refractivity contribution in [3.63, 3.8) is 0 Å². The third-order valence-electron chi connectivity index (χ3n) is 4.18. The van der Waals surface area contributed by atoms with E-state index >= 15 is 0 Å². The van der Waals surface area contributed by atoms with Gasteiger partial charge in [-0.3, -0.25) is 4.79 Å². The highest BCUT2D eigenvalue weighted by molar-refractivity contribution is 6.31. The molecule has 6 nitrogen and oxygen atoms in total. The number of carbonyl (C=O) groups is 1. The number of nitrogens with zero attached hydrogens (tertiary/aromatic N) is 4. The van der Waals surface area contributed by atoms with Crippen LogP contribution in [-0.2, 0) is 0 Å². The average molecular weight is 342 g/mol. The summed E-state index contributed by atoms with van der Waals surface area (Å²) in [5.74, 6) is -0.244. The Morgan fingerprint density at radius 3 is 2.92 bits per heavy atom.